The van der Waals surface area contributed by atoms with Crippen LogP contribution in [0.15, 0.2) is 0 Å². The zero-order valence-corrected chi connectivity index (χ0v) is 12.7. The lowest BCUT2D eigenvalue weighted by atomic mass is 9.86. The van der Waals surface area contributed by atoms with E-state index in [1.807, 2.05) is 20.8 Å². The van der Waals surface area contributed by atoms with Crippen LogP contribution in [0.1, 0.15) is 59.3 Å². The number of rotatable bonds is 4. The number of hydrogen-bond acceptors (Lipinski definition) is 3. The van der Waals surface area contributed by atoms with Crippen molar-refractivity contribution >= 4 is 6.09 Å². The molecule has 3 N–H and O–H groups in total. The smallest absolute Gasteiger partial charge is 0.407 e. The van der Waals surface area contributed by atoms with Crippen LogP contribution in [0.25, 0.3) is 0 Å². The predicted molar refractivity (Wildman–Crippen MR) is 78.0 cm³/mol. The molecule has 0 aliphatic heterocycles. The Morgan fingerprint density at radius 1 is 1.26 bits per heavy atom. The fourth-order valence-corrected chi connectivity index (χ4v) is 2.75. The SMILES string of the molecule is CC(C)(C)OC(=O)NCC(CN)C1CCCCCC1. The molecule has 0 spiro atoms. The van der Waals surface area contributed by atoms with Crippen LogP contribution in [0.5, 0.6) is 0 Å². The first-order valence-electron chi connectivity index (χ1n) is 7.59. The van der Waals surface area contributed by atoms with Crippen molar-refractivity contribution < 1.29 is 9.53 Å². The van der Waals surface area contributed by atoms with Gasteiger partial charge in [0.1, 0.15) is 5.60 Å². The average molecular weight is 270 g/mol. The van der Waals surface area contributed by atoms with Gasteiger partial charge in [-0.25, -0.2) is 4.79 Å². The Bertz CT molecular complexity index is 266. The van der Waals surface area contributed by atoms with Gasteiger partial charge in [-0.1, -0.05) is 38.5 Å². The van der Waals surface area contributed by atoms with Gasteiger partial charge in [0.25, 0.3) is 0 Å². The Labute approximate surface area is 117 Å². The van der Waals surface area contributed by atoms with Gasteiger partial charge in [-0.2, -0.15) is 0 Å². The summed E-state index contributed by atoms with van der Waals surface area (Å²) in [5.74, 6) is 1.04. The minimum absolute atomic E-state index is 0.334. The second kappa shape index (κ2) is 7.73. The number of alkyl carbamates (subject to hydrolysis) is 1. The molecule has 1 aliphatic carbocycles. The third-order valence-corrected chi connectivity index (χ3v) is 3.78. The number of carbonyl (C=O) groups is 1. The summed E-state index contributed by atoms with van der Waals surface area (Å²) in [6, 6.07) is 0. The van der Waals surface area contributed by atoms with Crippen LogP contribution >= 0.6 is 0 Å². The summed E-state index contributed by atoms with van der Waals surface area (Å²) in [4.78, 5) is 11.7. The van der Waals surface area contributed by atoms with E-state index in [4.69, 9.17) is 10.5 Å². The average Bonchev–Trinajstić information content (AvgIpc) is 2.56. The highest BCUT2D eigenvalue weighted by molar-refractivity contribution is 5.67. The lowest BCUT2D eigenvalue weighted by Crippen LogP contribution is -2.39. The minimum Gasteiger partial charge on any atom is -0.444 e. The number of ether oxygens (including phenoxy) is 1. The largest absolute Gasteiger partial charge is 0.444 e. The molecule has 0 aromatic rings. The van der Waals surface area contributed by atoms with Crippen LogP contribution in [-0.2, 0) is 4.74 Å². The standard InChI is InChI=1S/C15H30N2O2/c1-15(2,3)19-14(18)17-11-13(10-16)12-8-6-4-5-7-9-12/h12-13H,4-11,16H2,1-3H3,(H,17,18). The molecule has 0 aromatic heterocycles. The molecular formula is C15H30N2O2. The van der Waals surface area contributed by atoms with E-state index in [0.717, 1.165) is 0 Å². The number of nitrogens with one attached hydrogen (secondary N) is 1. The topological polar surface area (TPSA) is 64.3 Å². The van der Waals surface area contributed by atoms with Crippen molar-refractivity contribution in [1.82, 2.24) is 5.32 Å². The van der Waals surface area contributed by atoms with Gasteiger partial charge in [0, 0.05) is 6.54 Å². The van der Waals surface area contributed by atoms with Crippen LogP contribution in [0.4, 0.5) is 4.79 Å². The first-order chi connectivity index (χ1) is 8.92. The van der Waals surface area contributed by atoms with Crippen molar-refractivity contribution in [3.8, 4) is 0 Å². The van der Waals surface area contributed by atoms with Crippen molar-refractivity contribution in [2.24, 2.45) is 17.6 Å². The second-order valence-electron chi connectivity index (χ2n) is 6.63. The number of nitrogens with two attached hydrogens (primary N) is 1. The number of amides is 1. The van der Waals surface area contributed by atoms with Crippen molar-refractivity contribution in [2.45, 2.75) is 64.9 Å². The molecule has 0 aromatic carbocycles. The summed E-state index contributed by atoms with van der Waals surface area (Å²) >= 11 is 0. The molecule has 1 fully saturated rings. The van der Waals surface area contributed by atoms with E-state index in [2.05, 4.69) is 5.32 Å². The molecule has 0 heterocycles. The number of carbonyl (C=O) groups excluding carboxylic acids is 1. The van der Waals surface area contributed by atoms with Gasteiger partial charge >= 0.3 is 6.09 Å². The first kappa shape index (κ1) is 16.3. The molecular weight excluding hydrogens is 240 g/mol. The summed E-state index contributed by atoms with van der Waals surface area (Å²) in [6.07, 6.45) is 7.44. The maximum Gasteiger partial charge on any atom is 0.407 e. The molecule has 1 aliphatic rings. The van der Waals surface area contributed by atoms with Gasteiger partial charge in [-0.15, -0.1) is 0 Å². The Balaban J connectivity index is 2.37. The van der Waals surface area contributed by atoms with Crippen LogP contribution < -0.4 is 11.1 Å². The fraction of sp³-hybridized carbons (Fsp3) is 0.933. The molecule has 1 amide bonds. The molecule has 0 saturated heterocycles. The molecule has 19 heavy (non-hydrogen) atoms. The predicted octanol–water partition coefficient (Wildman–Crippen LogP) is 3.06. The Morgan fingerprint density at radius 2 is 1.84 bits per heavy atom. The van der Waals surface area contributed by atoms with Crippen LogP contribution in [0.2, 0.25) is 0 Å². The van der Waals surface area contributed by atoms with Crippen molar-refractivity contribution in [3.63, 3.8) is 0 Å². The molecule has 4 nitrogen and oxygen atoms in total. The van der Waals surface area contributed by atoms with Gasteiger partial charge in [0.2, 0.25) is 0 Å². The van der Waals surface area contributed by atoms with Crippen molar-refractivity contribution in [3.05, 3.63) is 0 Å². The molecule has 0 bridgehead atoms. The van der Waals surface area contributed by atoms with Crippen LogP contribution in [0, 0.1) is 11.8 Å². The Kier molecular flexibility index (Phi) is 6.63. The minimum atomic E-state index is -0.440. The highest BCUT2D eigenvalue weighted by atomic mass is 16.6. The van der Waals surface area contributed by atoms with E-state index in [1.165, 1.54) is 38.5 Å². The molecule has 112 valence electrons. The normalized spacial score (nSPS) is 19.6. The second-order valence-corrected chi connectivity index (χ2v) is 6.63. The quantitative estimate of drug-likeness (QED) is 0.772. The van der Waals surface area contributed by atoms with Gasteiger partial charge in [-0.3, -0.25) is 0 Å². The Morgan fingerprint density at radius 3 is 2.32 bits per heavy atom. The highest BCUT2D eigenvalue weighted by Gasteiger charge is 2.23. The van der Waals surface area contributed by atoms with Crippen LogP contribution in [-0.4, -0.2) is 24.8 Å². The summed E-state index contributed by atoms with van der Waals surface area (Å²) in [5, 5.41) is 2.87. The van der Waals surface area contributed by atoms with E-state index in [1.54, 1.807) is 0 Å². The molecule has 1 saturated carbocycles. The number of hydrogen-bond donors (Lipinski definition) is 2. The summed E-state index contributed by atoms with van der Waals surface area (Å²) in [6.45, 7) is 6.89. The third kappa shape index (κ3) is 6.81. The maximum absolute atomic E-state index is 11.7. The summed E-state index contributed by atoms with van der Waals surface area (Å²) in [5.41, 5.74) is 5.44. The Hall–Kier alpha value is -0.770. The van der Waals surface area contributed by atoms with E-state index in [9.17, 15) is 4.79 Å². The molecule has 1 atom stereocenters. The van der Waals surface area contributed by atoms with Crippen LogP contribution in [0.3, 0.4) is 0 Å². The molecule has 1 unspecified atom stereocenters. The summed E-state index contributed by atoms with van der Waals surface area (Å²) in [7, 11) is 0. The van der Waals surface area contributed by atoms with E-state index in [0.29, 0.717) is 24.9 Å². The van der Waals surface area contributed by atoms with Gasteiger partial charge < -0.3 is 15.8 Å². The first-order valence-corrected chi connectivity index (χ1v) is 7.59. The molecule has 1 rings (SSSR count). The van der Waals surface area contributed by atoms with Gasteiger partial charge in [0.05, 0.1) is 0 Å². The lowest BCUT2D eigenvalue weighted by molar-refractivity contribution is 0.0513. The summed E-state index contributed by atoms with van der Waals surface area (Å²) < 4.78 is 5.25. The van der Waals surface area contributed by atoms with E-state index < -0.39 is 5.60 Å². The van der Waals surface area contributed by atoms with Gasteiger partial charge in [0.15, 0.2) is 0 Å². The monoisotopic (exact) mass is 270 g/mol. The fourth-order valence-electron chi connectivity index (χ4n) is 2.75. The molecule has 4 heteroatoms. The molecule has 0 radical (unpaired) electrons. The van der Waals surface area contributed by atoms with Gasteiger partial charge in [-0.05, 0) is 39.2 Å². The third-order valence-electron chi connectivity index (χ3n) is 3.78. The highest BCUT2D eigenvalue weighted by Crippen LogP contribution is 2.28. The van der Waals surface area contributed by atoms with Crippen molar-refractivity contribution in [2.75, 3.05) is 13.1 Å². The zero-order valence-electron chi connectivity index (χ0n) is 12.7. The maximum atomic E-state index is 11.7. The lowest BCUT2D eigenvalue weighted by Gasteiger charge is -2.26. The zero-order chi connectivity index (χ0) is 14.3. The van der Waals surface area contributed by atoms with E-state index in [-0.39, 0.29) is 6.09 Å². The van der Waals surface area contributed by atoms with E-state index >= 15 is 0 Å². The van der Waals surface area contributed by atoms with Crippen molar-refractivity contribution in [1.29, 1.82) is 0 Å².